The molecular weight excluding hydrogens is 438 g/mol. The Balaban J connectivity index is 0. The Kier molecular flexibility index (Phi) is 24.9. The summed E-state index contributed by atoms with van der Waals surface area (Å²) in [4.78, 5) is 0. The van der Waals surface area contributed by atoms with Crippen molar-refractivity contribution in [3.8, 4) is 0 Å². The summed E-state index contributed by atoms with van der Waals surface area (Å²) in [7, 11) is 5.22. The van der Waals surface area contributed by atoms with Crippen molar-refractivity contribution >= 4 is 8.80 Å². The third kappa shape index (κ3) is 17.8. The molecule has 1 unspecified atom stereocenters. The van der Waals surface area contributed by atoms with Gasteiger partial charge in [0.1, 0.15) is 0 Å². The zero-order chi connectivity index (χ0) is 23.3. The number of nitrogens with zero attached hydrogens (tertiary/aromatic N) is 1. The fraction of sp³-hybridized carbons (Fsp3) is 1.00. The molecule has 0 spiro atoms. The van der Waals surface area contributed by atoms with Gasteiger partial charge in [0.2, 0.25) is 0 Å². The van der Waals surface area contributed by atoms with E-state index in [1.807, 2.05) is 0 Å². The van der Waals surface area contributed by atoms with E-state index in [4.69, 9.17) is 13.3 Å². The molecule has 0 bridgehead atoms. The predicted molar refractivity (Wildman–Crippen MR) is 138 cm³/mol. The van der Waals surface area contributed by atoms with Gasteiger partial charge in [-0.15, -0.1) is 0 Å². The average molecular weight is 496 g/mol. The van der Waals surface area contributed by atoms with E-state index in [0.29, 0.717) is 0 Å². The van der Waals surface area contributed by atoms with Crippen molar-refractivity contribution in [2.24, 2.45) is 0 Å². The van der Waals surface area contributed by atoms with Gasteiger partial charge in [-0.2, -0.15) is 0 Å². The largest absolute Gasteiger partial charge is 1.00 e. The Morgan fingerprint density at radius 1 is 0.500 bits per heavy atom. The molecule has 0 N–H and O–H groups in total. The molecular formula is C26H58ClNO3Si. The monoisotopic (exact) mass is 495 g/mol. The lowest BCUT2D eigenvalue weighted by Gasteiger charge is -2.36. The molecule has 0 aliphatic heterocycles. The van der Waals surface area contributed by atoms with Crippen LogP contribution in [0.2, 0.25) is 6.04 Å². The second kappa shape index (κ2) is 23.1. The quantitative estimate of drug-likeness (QED) is 0.111. The molecule has 0 aliphatic rings. The van der Waals surface area contributed by atoms with Gasteiger partial charge in [-0.3, -0.25) is 0 Å². The van der Waals surface area contributed by atoms with Gasteiger partial charge in [-0.05, 0) is 25.7 Å². The molecule has 0 aromatic rings. The number of quaternary nitrogens is 1. The molecule has 4 nitrogen and oxygen atoms in total. The molecule has 196 valence electrons. The van der Waals surface area contributed by atoms with Crippen LogP contribution in [-0.4, -0.2) is 61.3 Å². The van der Waals surface area contributed by atoms with E-state index in [2.05, 4.69) is 20.9 Å². The highest BCUT2D eigenvalue weighted by molar-refractivity contribution is 6.60. The highest BCUT2D eigenvalue weighted by Crippen LogP contribution is 2.19. The summed E-state index contributed by atoms with van der Waals surface area (Å²) in [5, 5.41) is 0. The van der Waals surface area contributed by atoms with Crippen LogP contribution in [0.4, 0.5) is 0 Å². The maximum absolute atomic E-state index is 5.64. The summed E-state index contributed by atoms with van der Waals surface area (Å²) in [5.74, 6) is 0. The lowest BCUT2D eigenvalue weighted by molar-refractivity contribution is -0.910. The highest BCUT2D eigenvalue weighted by atomic mass is 35.5. The Bertz CT molecular complexity index is 378. The summed E-state index contributed by atoms with van der Waals surface area (Å²) in [6, 6.07) is 0.915. The maximum atomic E-state index is 5.64. The number of rotatable bonds is 24. The third-order valence-electron chi connectivity index (χ3n) is 6.97. The van der Waals surface area contributed by atoms with E-state index in [1.165, 1.54) is 120 Å². The Hall–Kier alpha value is 0.347. The van der Waals surface area contributed by atoms with Crippen LogP contribution in [0.1, 0.15) is 117 Å². The molecule has 32 heavy (non-hydrogen) atoms. The second-order valence-corrected chi connectivity index (χ2v) is 12.9. The molecule has 0 fully saturated rings. The van der Waals surface area contributed by atoms with Crippen LogP contribution in [0.15, 0.2) is 0 Å². The normalized spacial score (nSPS) is 13.7. The molecule has 0 saturated carbocycles. The number of unbranched alkanes of at least 4 members (excludes halogenated alkanes) is 13. The molecule has 0 radical (unpaired) electrons. The zero-order valence-electron chi connectivity index (χ0n) is 22.7. The van der Waals surface area contributed by atoms with Crippen LogP contribution >= 0.6 is 0 Å². The first-order valence-electron chi connectivity index (χ1n) is 13.5. The smallest absolute Gasteiger partial charge is 0.500 e. The molecule has 0 aromatic heterocycles. The van der Waals surface area contributed by atoms with E-state index < -0.39 is 8.80 Å². The minimum absolute atomic E-state index is 0. The first kappa shape index (κ1) is 34.5. The predicted octanol–water partition coefficient (Wildman–Crippen LogP) is 4.60. The third-order valence-corrected chi connectivity index (χ3v) is 9.80. The van der Waals surface area contributed by atoms with Crippen molar-refractivity contribution in [1.82, 2.24) is 0 Å². The highest BCUT2D eigenvalue weighted by Gasteiger charge is 2.38. The second-order valence-electron chi connectivity index (χ2n) is 9.79. The van der Waals surface area contributed by atoms with Crippen molar-refractivity contribution in [3.05, 3.63) is 0 Å². The van der Waals surface area contributed by atoms with E-state index >= 15 is 0 Å². The Morgan fingerprint density at radius 2 is 0.812 bits per heavy atom. The van der Waals surface area contributed by atoms with Crippen molar-refractivity contribution in [1.29, 1.82) is 0 Å². The minimum atomic E-state index is -2.44. The van der Waals surface area contributed by atoms with Crippen LogP contribution in [0.25, 0.3) is 0 Å². The molecule has 0 heterocycles. The van der Waals surface area contributed by atoms with E-state index in [0.717, 1.165) is 12.5 Å². The molecule has 1 atom stereocenters. The first-order chi connectivity index (χ1) is 15.0. The summed E-state index contributed by atoms with van der Waals surface area (Å²) in [5.41, 5.74) is 0. The van der Waals surface area contributed by atoms with Gasteiger partial charge in [0.25, 0.3) is 0 Å². The Labute approximate surface area is 209 Å². The Morgan fingerprint density at radius 3 is 1.16 bits per heavy atom. The first-order valence-corrected chi connectivity index (χ1v) is 15.4. The van der Waals surface area contributed by atoms with Crippen molar-refractivity contribution < 1.29 is 30.2 Å². The van der Waals surface area contributed by atoms with Gasteiger partial charge in [-0.1, -0.05) is 84.5 Å². The van der Waals surface area contributed by atoms with Crippen LogP contribution < -0.4 is 12.4 Å². The molecule has 0 amide bonds. The lowest BCUT2D eigenvalue weighted by atomic mass is 10.1. The van der Waals surface area contributed by atoms with Crippen molar-refractivity contribution in [2.75, 3.05) is 48.0 Å². The fourth-order valence-electron chi connectivity index (χ4n) is 4.65. The van der Waals surface area contributed by atoms with Gasteiger partial charge < -0.3 is 30.2 Å². The number of hydrogen-bond acceptors (Lipinski definition) is 3. The lowest BCUT2D eigenvalue weighted by Crippen LogP contribution is -3.00. The number of hydrogen-bond donors (Lipinski definition) is 0. The molecule has 0 saturated heterocycles. The van der Waals surface area contributed by atoms with E-state index in [9.17, 15) is 0 Å². The van der Waals surface area contributed by atoms with E-state index in [-0.39, 0.29) is 12.4 Å². The standard InChI is InChI=1S/C26H58NO3Si.ClH/c1-7-9-11-13-15-16-17-19-21-24-27(3,23-20-18-14-12-10-8-2)25-22-26-31(28-4,29-5)30-6;/h7-26H2,1-6H3;1H/q+1;/p-1. The van der Waals surface area contributed by atoms with Gasteiger partial charge in [0.05, 0.1) is 26.7 Å². The van der Waals surface area contributed by atoms with Gasteiger partial charge in [-0.25, -0.2) is 0 Å². The average Bonchev–Trinajstić information content (AvgIpc) is 2.78. The maximum Gasteiger partial charge on any atom is 0.500 e. The molecule has 0 aromatic carbocycles. The SMILES string of the molecule is CCCCCCCCCCC[N+](C)(CCCCCCCC)CCC[Si](OC)(OC)OC.[Cl-]. The van der Waals surface area contributed by atoms with E-state index in [1.54, 1.807) is 21.3 Å². The minimum Gasteiger partial charge on any atom is -1.00 e. The van der Waals surface area contributed by atoms with Gasteiger partial charge >= 0.3 is 8.80 Å². The van der Waals surface area contributed by atoms with Crippen molar-refractivity contribution in [2.45, 2.75) is 123 Å². The topological polar surface area (TPSA) is 27.7 Å². The van der Waals surface area contributed by atoms with Crippen LogP contribution in [0.5, 0.6) is 0 Å². The van der Waals surface area contributed by atoms with Crippen LogP contribution in [0.3, 0.4) is 0 Å². The molecule has 6 heteroatoms. The molecule has 0 rings (SSSR count). The molecule has 0 aliphatic carbocycles. The summed E-state index contributed by atoms with van der Waals surface area (Å²) in [6.07, 6.45) is 22.0. The van der Waals surface area contributed by atoms with Gasteiger partial charge in [0, 0.05) is 33.8 Å². The van der Waals surface area contributed by atoms with Gasteiger partial charge in [0.15, 0.2) is 0 Å². The summed E-state index contributed by atoms with van der Waals surface area (Å²) >= 11 is 0. The zero-order valence-corrected chi connectivity index (χ0v) is 24.4. The summed E-state index contributed by atoms with van der Waals surface area (Å²) in [6.45, 7) is 8.42. The number of halogens is 1. The van der Waals surface area contributed by atoms with Crippen LogP contribution in [0, 0.1) is 0 Å². The van der Waals surface area contributed by atoms with Crippen molar-refractivity contribution in [3.63, 3.8) is 0 Å². The summed E-state index contributed by atoms with van der Waals surface area (Å²) < 4.78 is 18.1. The van der Waals surface area contributed by atoms with Crippen LogP contribution in [-0.2, 0) is 13.3 Å². The fourth-order valence-corrected chi connectivity index (χ4v) is 6.35.